The van der Waals surface area contributed by atoms with Crippen molar-refractivity contribution in [1.29, 1.82) is 0 Å². The fourth-order valence-corrected chi connectivity index (χ4v) is 1.89. The van der Waals surface area contributed by atoms with E-state index in [1.807, 2.05) is 5.32 Å². The molecule has 4 amide bonds. The fraction of sp³-hybridized carbons (Fsp3) is 0.545. The number of hydrogen-bond donors (Lipinski definition) is 4. The van der Waals surface area contributed by atoms with Crippen molar-refractivity contribution < 1.29 is 34.2 Å². The van der Waals surface area contributed by atoms with E-state index in [0.717, 1.165) is 4.90 Å². The van der Waals surface area contributed by atoms with Crippen molar-refractivity contribution in [2.24, 2.45) is 0 Å². The molecule has 1 heterocycles. The minimum atomic E-state index is -1.65. The van der Waals surface area contributed by atoms with Crippen molar-refractivity contribution in [2.45, 2.75) is 31.8 Å². The monoisotopic (exact) mass is 301 g/mol. The minimum absolute atomic E-state index is 0.225. The molecule has 2 unspecified atom stereocenters. The van der Waals surface area contributed by atoms with Crippen LogP contribution in [-0.2, 0) is 19.2 Å². The van der Waals surface area contributed by atoms with Crippen molar-refractivity contribution in [3.05, 3.63) is 0 Å². The van der Waals surface area contributed by atoms with Crippen molar-refractivity contribution >= 4 is 29.8 Å². The van der Waals surface area contributed by atoms with Crippen LogP contribution in [0.5, 0.6) is 0 Å². The number of nitrogens with one attached hydrogen (secondary N) is 2. The summed E-state index contributed by atoms with van der Waals surface area (Å²) in [4.78, 5) is 57.2. The summed E-state index contributed by atoms with van der Waals surface area (Å²) in [7, 11) is 0. The SMILES string of the molecule is CCC1C(=O)NC(=O)CN1C(=O)NC(CC(=O)O)C(=O)O. The van der Waals surface area contributed by atoms with Crippen LogP contribution in [-0.4, -0.2) is 63.5 Å². The highest BCUT2D eigenvalue weighted by Gasteiger charge is 2.37. The van der Waals surface area contributed by atoms with Gasteiger partial charge in [0.15, 0.2) is 0 Å². The summed E-state index contributed by atoms with van der Waals surface area (Å²) in [5, 5.41) is 21.5. The van der Waals surface area contributed by atoms with Gasteiger partial charge in [-0.1, -0.05) is 6.92 Å². The molecule has 0 aromatic heterocycles. The maximum atomic E-state index is 12.0. The fourth-order valence-electron chi connectivity index (χ4n) is 1.89. The Kier molecular flexibility index (Phi) is 5.22. The van der Waals surface area contributed by atoms with Crippen LogP contribution in [0.3, 0.4) is 0 Å². The highest BCUT2D eigenvalue weighted by atomic mass is 16.4. The van der Waals surface area contributed by atoms with Gasteiger partial charge in [-0.25, -0.2) is 9.59 Å². The van der Waals surface area contributed by atoms with E-state index in [9.17, 15) is 24.0 Å². The zero-order valence-electron chi connectivity index (χ0n) is 11.2. The third-order valence-corrected chi connectivity index (χ3v) is 2.88. The molecule has 0 aromatic rings. The molecule has 0 aliphatic carbocycles. The lowest BCUT2D eigenvalue weighted by molar-refractivity contribution is -0.145. The van der Waals surface area contributed by atoms with Gasteiger partial charge in [0.1, 0.15) is 18.6 Å². The van der Waals surface area contributed by atoms with Gasteiger partial charge in [0, 0.05) is 0 Å². The van der Waals surface area contributed by atoms with Crippen LogP contribution in [0, 0.1) is 0 Å². The first-order valence-corrected chi connectivity index (χ1v) is 6.11. The predicted octanol–water partition coefficient (Wildman–Crippen LogP) is -1.64. The molecule has 0 aromatic carbocycles. The largest absolute Gasteiger partial charge is 0.481 e. The van der Waals surface area contributed by atoms with E-state index in [2.05, 4.69) is 5.32 Å². The van der Waals surface area contributed by atoms with Crippen LogP contribution in [0.2, 0.25) is 0 Å². The van der Waals surface area contributed by atoms with Gasteiger partial charge in [-0.05, 0) is 6.42 Å². The molecule has 10 heteroatoms. The number of urea groups is 1. The molecule has 4 N–H and O–H groups in total. The lowest BCUT2D eigenvalue weighted by atomic mass is 10.1. The lowest BCUT2D eigenvalue weighted by Crippen LogP contribution is -2.62. The number of carbonyl (C=O) groups is 5. The Morgan fingerprint density at radius 3 is 2.48 bits per heavy atom. The number of aliphatic carboxylic acids is 2. The van der Waals surface area contributed by atoms with Crippen molar-refractivity contribution in [1.82, 2.24) is 15.5 Å². The molecule has 1 fully saturated rings. The normalized spacial score (nSPS) is 19.7. The number of nitrogens with zero attached hydrogens (tertiary/aromatic N) is 1. The van der Waals surface area contributed by atoms with Gasteiger partial charge in [-0.3, -0.25) is 19.7 Å². The quantitative estimate of drug-likeness (QED) is 0.444. The van der Waals surface area contributed by atoms with E-state index < -0.39 is 54.8 Å². The molecule has 21 heavy (non-hydrogen) atoms. The average Bonchev–Trinajstić information content (AvgIpc) is 2.36. The van der Waals surface area contributed by atoms with Gasteiger partial charge in [-0.2, -0.15) is 0 Å². The predicted molar refractivity (Wildman–Crippen MR) is 66.1 cm³/mol. The van der Waals surface area contributed by atoms with Gasteiger partial charge in [0.25, 0.3) is 0 Å². The summed E-state index contributed by atoms with van der Waals surface area (Å²) < 4.78 is 0. The van der Waals surface area contributed by atoms with Gasteiger partial charge < -0.3 is 20.4 Å². The topological polar surface area (TPSA) is 153 Å². The molecule has 1 saturated heterocycles. The highest BCUT2D eigenvalue weighted by molar-refractivity contribution is 6.04. The minimum Gasteiger partial charge on any atom is -0.481 e. The van der Waals surface area contributed by atoms with Crippen molar-refractivity contribution in [2.75, 3.05) is 6.54 Å². The Morgan fingerprint density at radius 1 is 1.38 bits per heavy atom. The first-order chi connectivity index (χ1) is 9.76. The van der Waals surface area contributed by atoms with Gasteiger partial charge in [0.05, 0.1) is 6.42 Å². The Balaban J connectivity index is 2.83. The molecule has 116 valence electrons. The first kappa shape index (κ1) is 16.4. The number of carboxylic acid groups (broad SMARTS) is 2. The van der Waals surface area contributed by atoms with Crippen LogP contribution >= 0.6 is 0 Å². The number of hydrogen-bond acceptors (Lipinski definition) is 5. The molecule has 10 nitrogen and oxygen atoms in total. The molecule has 1 aliphatic rings. The van der Waals surface area contributed by atoms with Gasteiger partial charge >= 0.3 is 18.0 Å². The Labute approximate surface area is 119 Å². The zero-order valence-corrected chi connectivity index (χ0v) is 11.2. The number of carboxylic acids is 2. The number of rotatable bonds is 5. The molecule has 0 saturated carbocycles. The molecular weight excluding hydrogens is 286 g/mol. The summed E-state index contributed by atoms with van der Waals surface area (Å²) >= 11 is 0. The van der Waals surface area contributed by atoms with Crippen molar-refractivity contribution in [3.63, 3.8) is 0 Å². The van der Waals surface area contributed by atoms with E-state index in [0.29, 0.717) is 0 Å². The average molecular weight is 301 g/mol. The summed E-state index contributed by atoms with van der Waals surface area (Å²) in [5.74, 6) is -4.27. The Hall–Kier alpha value is -2.65. The molecule has 0 spiro atoms. The summed E-state index contributed by atoms with van der Waals surface area (Å²) in [5.41, 5.74) is 0. The number of piperazine rings is 1. The second-order valence-corrected chi connectivity index (χ2v) is 4.40. The molecule has 2 atom stereocenters. The van der Waals surface area contributed by atoms with Gasteiger partial charge in [-0.15, -0.1) is 0 Å². The third kappa shape index (κ3) is 4.16. The van der Waals surface area contributed by atoms with Crippen molar-refractivity contribution in [3.8, 4) is 0 Å². The summed E-state index contributed by atoms with van der Waals surface area (Å²) in [6, 6.07) is -3.53. The van der Waals surface area contributed by atoms with E-state index in [1.54, 1.807) is 6.92 Å². The van der Waals surface area contributed by atoms with Gasteiger partial charge in [0.2, 0.25) is 11.8 Å². The van der Waals surface area contributed by atoms with E-state index >= 15 is 0 Å². The lowest BCUT2D eigenvalue weighted by Gasteiger charge is -2.33. The second kappa shape index (κ2) is 6.68. The van der Waals surface area contributed by atoms with Crippen LogP contribution in [0.1, 0.15) is 19.8 Å². The number of imide groups is 1. The highest BCUT2D eigenvalue weighted by Crippen LogP contribution is 2.10. The Bertz CT molecular complexity index is 490. The molecule has 0 bridgehead atoms. The standard InChI is InChI=1S/C11H15N3O7/c1-2-6-9(18)13-7(15)4-14(6)11(21)12-5(10(19)20)3-8(16)17/h5-6H,2-4H2,1H3,(H,12,21)(H,16,17)(H,19,20)(H,13,15,18). The zero-order chi connectivity index (χ0) is 16.2. The molecular formula is C11H15N3O7. The summed E-state index contributed by atoms with van der Waals surface area (Å²) in [6.45, 7) is 1.21. The number of amides is 4. The molecule has 1 rings (SSSR count). The van der Waals surface area contributed by atoms with E-state index in [1.165, 1.54) is 0 Å². The maximum Gasteiger partial charge on any atom is 0.326 e. The van der Waals surface area contributed by atoms with Crippen LogP contribution in [0.4, 0.5) is 4.79 Å². The maximum absolute atomic E-state index is 12.0. The Morgan fingerprint density at radius 2 is 2.00 bits per heavy atom. The smallest absolute Gasteiger partial charge is 0.326 e. The first-order valence-electron chi connectivity index (χ1n) is 6.11. The molecule has 0 radical (unpaired) electrons. The summed E-state index contributed by atoms with van der Waals surface area (Å²) in [6.07, 6.45) is -0.588. The molecule has 1 aliphatic heterocycles. The second-order valence-electron chi connectivity index (χ2n) is 4.40. The number of carbonyl (C=O) groups excluding carboxylic acids is 3. The third-order valence-electron chi connectivity index (χ3n) is 2.88. The van der Waals surface area contributed by atoms with Crippen LogP contribution < -0.4 is 10.6 Å². The van der Waals surface area contributed by atoms with Crippen LogP contribution in [0.25, 0.3) is 0 Å². The van der Waals surface area contributed by atoms with E-state index in [4.69, 9.17) is 10.2 Å². The van der Waals surface area contributed by atoms with Crippen LogP contribution in [0.15, 0.2) is 0 Å². The van der Waals surface area contributed by atoms with E-state index in [-0.39, 0.29) is 6.42 Å².